The second kappa shape index (κ2) is 6.02. The first kappa shape index (κ1) is 13.1. The van der Waals surface area contributed by atoms with Gasteiger partial charge in [0.15, 0.2) is 0 Å². The number of benzene rings is 1. The molecule has 1 aliphatic carbocycles. The Bertz CT molecular complexity index is 543. The van der Waals surface area contributed by atoms with Crippen molar-refractivity contribution in [2.75, 3.05) is 12.0 Å². The number of nitrogens with zero attached hydrogens (tertiary/aromatic N) is 1. The van der Waals surface area contributed by atoms with Crippen molar-refractivity contribution in [1.29, 1.82) is 0 Å². The lowest BCUT2D eigenvalue weighted by Crippen LogP contribution is -2.15. The standard InChI is InChI=1S/C16H22N2S/c1-19-10-2-8-18-9-7-14-11-13(3-6-16(14)18)12-17-15-4-5-15/h3,6-7,9,11,15,17H,2,4-5,8,10,12H2,1H3. The molecule has 2 aromatic rings. The van der Waals surface area contributed by atoms with E-state index in [4.69, 9.17) is 0 Å². The fourth-order valence-corrected chi connectivity index (χ4v) is 2.90. The molecule has 0 radical (unpaired) electrons. The van der Waals surface area contributed by atoms with E-state index in [1.807, 2.05) is 11.8 Å². The molecule has 1 heterocycles. The van der Waals surface area contributed by atoms with Crippen LogP contribution < -0.4 is 5.32 Å². The number of aromatic nitrogens is 1. The fourth-order valence-electron chi connectivity index (χ4n) is 2.48. The number of hydrogen-bond donors (Lipinski definition) is 1. The molecule has 1 aliphatic rings. The summed E-state index contributed by atoms with van der Waals surface area (Å²) < 4.78 is 2.38. The molecule has 19 heavy (non-hydrogen) atoms. The monoisotopic (exact) mass is 274 g/mol. The van der Waals surface area contributed by atoms with Crippen LogP contribution in [0.2, 0.25) is 0 Å². The predicted octanol–water partition coefficient (Wildman–Crippen LogP) is 3.65. The van der Waals surface area contributed by atoms with Crippen LogP contribution in [0.4, 0.5) is 0 Å². The zero-order valence-corrected chi connectivity index (χ0v) is 12.4. The Morgan fingerprint density at radius 3 is 3.00 bits per heavy atom. The van der Waals surface area contributed by atoms with Gasteiger partial charge in [0.2, 0.25) is 0 Å². The van der Waals surface area contributed by atoms with Gasteiger partial charge in [-0.05, 0) is 60.4 Å². The Balaban J connectivity index is 1.69. The van der Waals surface area contributed by atoms with Crippen molar-refractivity contribution in [3.05, 3.63) is 36.0 Å². The molecule has 1 fully saturated rings. The van der Waals surface area contributed by atoms with Crippen LogP contribution in [0.1, 0.15) is 24.8 Å². The third-order valence-electron chi connectivity index (χ3n) is 3.76. The zero-order valence-electron chi connectivity index (χ0n) is 11.6. The molecule has 0 bridgehead atoms. The fraction of sp³-hybridized carbons (Fsp3) is 0.500. The average molecular weight is 274 g/mol. The van der Waals surface area contributed by atoms with Crippen LogP contribution in [0.5, 0.6) is 0 Å². The van der Waals surface area contributed by atoms with E-state index in [1.54, 1.807) is 0 Å². The van der Waals surface area contributed by atoms with Crippen LogP contribution in [0.25, 0.3) is 10.9 Å². The summed E-state index contributed by atoms with van der Waals surface area (Å²) in [5.74, 6) is 1.24. The molecule has 1 aromatic carbocycles. The maximum atomic E-state index is 3.58. The van der Waals surface area contributed by atoms with E-state index in [0.717, 1.165) is 19.1 Å². The minimum absolute atomic E-state index is 0.784. The third kappa shape index (κ3) is 3.34. The lowest BCUT2D eigenvalue weighted by atomic mass is 10.1. The topological polar surface area (TPSA) is 17.0 Å². The Labute approximate surface area is 119 Å². The van der Waals surface area contributed by atoms with E-state index < -0.39 is 0 Å². The van der Waals surface area contributed by atoms with Gasteiger partial charge in [-0.2, -0.15) is 11.8 Å². The molecular formula is C16H22N2S. The van der Waals surface area contributed by atoms with Crippen LogP contribution in [-0.2, 0) is 13.1 Å². The van der Waals surface area contributed by atoms with E-state index >= 15 is 0 Å². The van der Waals surface area contributed by atoms with Gasteiger partial charge in [-0.3, -0.25) is 0 Å². The summed E-state index contributed by atoms with van der Waals surface area (Å²) in [6.45, 7) is 2.14. The van der Waals surface area contributed by atoms with Crippen LogP contribution in [0.15, 0.2) is 30.5 Å². The molecule has 0 saturated heterocycles. The predicted molar refractivity (Wildman–Crippen MR) is 84.8 cm³/mol. The summed E-state index contributed by atoms with van der Waals surface area (Å²) in [7, 11) is 0. The van der Waals surface area contributed by atoms with Crippen LogP contribution in [-0.4, -0.2) is 22.6 Å². The second-order valence-corrected chi connectivity index (χ2v) is 6.39. The van der Waals surface area contributed by atoms with Gasteiger partial charge >= 0.3 is 0 Å². The van der Waals surface area contributed by atoms with Gasteiger partial charge in [0, 0.05) is 30.8 Å². The van der Waals surface area contributed by atoms with Crippen molar-refractivity contribution in [2.45, 2.75) is 38.4 Å². The summed E-state index contributed by atoms with van der Waals surface area (Å²) in [5.41, 5.74) is 2.78. The highest BCUT2D eigenvalue weighted by Gasteiger charge is 2.19. The second-order valence-electron chi connectivity index (χ2n) is 5.40. The summed E-state index contributed by atoms with van der Waals surface area (Å²) in [6.07, 6.45) is 8.36. The van der Waals surface area contributed by atoms with Gasteiger partial charge in [0.25, 0.3) is 0 Å². The van der Waals surface area contributed by atoms with E-state index in [0.29, 0.717) is 0 Å². The largest absolute Gasteiger partial charge is 0.347 e. The first-order valence-corrected chi connectivity index (χ1v) is 8.56. The number of fused-ring (bicyclic) bond motifs is 1. The van der Waals surface area contributed by atoms with Crippen LogP contribution in [0.3, 0.4) is 0 Å². The van der Waals surface area contributed by atoms with Gasteiger partial charge in [-0.15, -0.1) is 0 Å². The summed E-state index contributed by atoms with van der Waals surface area (Å²) >= 11 is 1.92. The van der Waals surface area contributed by atoms with Crippen molar-refractivity contribution in [2.24, 2.45) is 0 Å². The number of rotatable bonds is 7. The van der Waals surface area contributed by atoms with Gasteiger partial charge in [0.05, 0.1) is 0 Å². The molecule has 3 rings (SSSR count). The smallest absolute Gasteiger partial charge is 0.0480 e. The number of hydrogen-bond acceptors (Lipinski definition) is 2. The number of aryl methyl sites for hydroxylation is 1. The molecule has 0 aliphatic heterocycles. The van der Waals surface area contributed by atoms with E-state index in [-0.39, 0.29) is 0 Å². The lowest BCUT2D eigenvalue weighted by Gasteiger charge is -2.06. The van der Waals surface area contributed by atoms with Gasteiger partial charge in [-0.25, -0.2) is 0 Å². The zero-order chi connectivity index (χ0) is 13.1. The van der Waals surface area contributed by atoms with Gasteiger partial charge in [-0.1, -0.05) is 6.07 Å². The minimum Gasteiger partial charge on any atom is -0.347 e. The number of nitrogens with one attached hydrogen (secondary N) is 1. The number of thioether (sulfide) groups is 1. The van der Waals surface area contributed by atoms with Crippen molar-refractivity contribution >= 4 is 22.7 Å². The average Bonchev–Trinajstić information content (AvgIpc) is 3.18. The molecule has 0 spiro atoms. The van der Waals surface area contributed by atoms with Gasteiger partial charge in [0.1, 0.15) is 0 Å². The van der Waals surface area contributed by atoms with Crippen molar-refractivity contribution in [3.8, 4) is 0 Å². The van der Waals surface area contributed by atoms with Crippen LogP contribution in [0, 0.1) is 0 Å². The minimum atomic E-state index is 0.784. The van der Waals surface area contributed by atoms with Gasteiger partial charge < -0.3 is 9.88 Å². The molecular weight excluding hydrogens is 252 g/mol. The van der Waals surface area contributed by atoms with Crippen LogP contribution >= 0.6 is 11.8 Å². The molecule has 1 aromatic heterocycles. The quantitative estimate of drug-likeness (QED) is 0.776. The highest BCUT2D eigenvalue weighted by molar-refractivity contribution is 7.98. The third-order valence-corrected chi connectivity index (χ3v) is 4.45. The molecule has 102 valence electrons. The normalized spacial score (nSPS) is 15.2. The molecule has 1 saturated carbocycles. The molecule has 3 heteroatoms. The molecule has 1 N–H and O–H groups in total. The van der Waals surface area contributed by atoms with E-state index in [9.17, 15) is 0 Å². The van der Waals surface area contributed by atoms with Crippen molar-refractivity contribution < 1.29 is 0 Å². The highest BCUT2D eigenvalue weighted by atomic mass is 32.2. The van der Waals surface area contributed by atoms with Crippen molar-refractivity contribution in [3.63, 3.8) is 0 Å². The molecule has 0 atom stereocenters. The maximum absolute atomic E-state index is 3.58. The Morgan fingerprint density at radius 1 is 1.32 bits per heavy atom. The Hall–Kier alpha value is -0.930. The Kier molecular flexibility index (Phi) is 4.14. The summed E-state index contributed by atoms with van der Waals surface area (Å²) in [6, 6.07) is 9.90. The Morgan fingerprint density at radius 2 is 2.21 bits per heavy atom. The van der Waals surface area contributed by atoms with Crippen molar-refractivity contribution in [1.82, 2.24) is 9.88 Å². The molecule has 0 unspecified atom stereocenters. The van der Waals surface area contributed by atoms with E-state index in [2.05, 4.69) is 46.6 Å². The molecule has 2 nitrogen and oxygen atoms in total. The first-order valence-electron chi connectivity index (χ1n) is 7.17. The summed E-state index contributed by atoms with van der Waals surface area (Å²) in [4.78, 5) is 0. The SMILES string of the molecule is CSCCCn1ccc2cc(CNC3CC3)ccc21. The first-order chi connectivity index (χ1) is 9.36. The van der Waals surface area contributed by atoms with E-state index in [1.165, 1.54) is 41.5 Å². The maximum Gasteiger partial charge on any atom is 0.0480 e. The highest BCUT2D eigenvalue weighted by Crippen LogP contribution is 2.21. The summed E-state index contributed by atoms with van der Waals surface area (Å²) in [5, 5.41) is 4.95. The molecule has 0 amide bonds. The lowest BCUT2D eigenvalue weighted by molar-refractivity contribution is 0.688.